The first kappa shape index (κ1) is 52.7. The van der Waals surface area contributed by atoms with E-state index in [0.717, 1.165) is 38.5 Å². The molecule has 1 aromatic rings. The summed E-state index contributed by atoms with van der Waals surface area (Å²) in [4.78, 5) is 25.7. The fourth-order valence-electron chi connectivity index (χ4n) is 6.70. The fourth-order valence-corrected chi connectivity index (χ4v) is 9.11. The first-order valence-electron chi connectivity index (χ1n) is 22.6. The molecule has 0 N–H and O–H groups in total. The van der Waals surface area contributed by atoms with Crippen LogP contribution in [0.2, 0.25) is 0 Å². The van der Waals surface area contributed by atoms with Gasteiger partial charge in [-0.15, -0.1) is 23.2 Å². The van der Waals surface area contributed by atoms with Crippen molar-refractivity contribution >= 4 is 42.9 Å². The van der Waals surface area contributed by atoms with Gasteiger partial charge in [-0.25, -0.2) is 4.57 Å². The number of hydrogen-bond donors (Lipinski definition) is 0. The van der Waals surface area contributed by atoms with E-state index in [4.69, 9.17) is 41.7 Å². The summed E-state index contributed by atoms with van der Waals surface area (Å²) in [6.45, 7) is 4.43. The molecule has 0 radical (unpaired) electrons. The molecule has 0 aliphatic carbocycles. The number of halogens is 2. The smallest absolute Gasteiger partial charge is 0.461 e. The number of carbonyl (C=O) groups excluding carboxylic acids is 2. The van der Waals surface area contributed by atoms with Crippen LogP contribution in [0.15, 0.2) is 30.3 Å². The maximum Gasteiger partial charge on any atom is 0.461 e. The Labute approximate surface area is 352 Å². The average molecular weight is 849 g/mol. The highest BCUT2D eigenvalue weighted by Crippen LogP contribution is 2.52. The lowest BCUT2D eigenvalue weighted by molar-refractivity contribution is -0.161. The minimum atomic E-state index is -3.99. The second-order valence-electron chi connectivity index (χ2n) is 15.3. The molecule has 326 valence electrons. The van der Waals surface area contributed by atoms with Gasteiger partial charge in [0.05, 0.1) is 6.61 Å². The number of alkyl halides is 2. The monoisotopic (exact) mass is 848 g/mol. The predicted molar refractivity (Wildman–Crippen MR) is 235 cm³/mol. The van der Waals surface area contributed by atoms with Gasteiger partial charge in [0.2, 0.25) is 0 Å². The summed E-state index contributed by atoms with van der Waals surface area (Å²) in [7, 11) is -3.99. The number of unbranched alkanes of at least 4 members (excludes halogenated alkanes) is 24. The number of benzene rings is 1. The van der Waals surface area contributed by atoms with Crippen LogP contribution in [0, 0.1) is 0 Å². The van der Waals surface area contributed by atoms with Crippen LogP contribution in [0.3, 0.4) is 0 Å². The van der Waals surface area contributed by atoms with E-state index in [1.54, 1.807) is 24.3 Å². The fraction of sp³-hybridized carbons (Fsp3) is 0.822. The first-order chi connectivity index (χ1) is 27.4. The normalized spacial score (nSPS) is 13.1. The number of carbonyl (C=O) groups is 2. The van der Waals surface area contributed by atoms with Crippen molar-refractivity contribution in [3.63, 3.8) is 0 Å². The van der Waals surface area contributed by atoms with Crippen LogP contribution in [-0.4, -0.2) is 60.8 Å². The second-order valence-corrected chi connectivity index (χ2v) is 18.0. The van der Waals surface area contributed by atoms with Gasteiger partial charge in [-0.2, -0.15) is 4.67 Å². The topological polar surface area (TPSA) is 91.4 Å². The number of rotatable bonds is 41. The van der Waals surface area contributed by atoms with Crippen LogP contribution in [0.1, 0.15) is 194 Å². The third-order valence-corrected chi connectivity index (χ3v) is 12.5. The van der Waals surface area contributed by atoms with Crippen LogP contribution >= 0.6 is 30.9 Å². The van der Waals surface area contributed by atoms with Gasteiger partial charge in [-0.3, -0.25) is 14.1 Å². The molecule has 0 heterocycles. The van der Waals surface area contributed by atoms with Crippen molar-refractivity contribution < 1.29 is 32.7 Å². The van der Waals surface area contributed by atoms with Gasteiger partial charge in [-0.05, 0) is 25.0 Å². The maximum absolute atomic E-state index is 14.3. The number of nitrogens with zero attached hydrogens (tertiary/aromatic N) is 1. The maximum atomic E-state index is 14.3. The van der Waals surface area contributed by atoms with E-state index >= 15 is 0 Å². The molecule has 0 bridgehead atoms. The van der Waals surface area contributed by atoms with E-state index in [0.29, 0.717) is 12.2 Å². The van der Waals surface area contributed by atoms with Crippen LogP contribution in [0.25, 0.3) is 0 Å². The van der Waals surface area contributed by atoms with Gasteiger partial charge in [0.15, 0.2) is 6.10 Å². The SMILES string of the molecule is CCCCCCCCCCCCCCCC(=O)OCC(COP(=O)(Oc1ccccc1)N(CCCl)CCCl)OC(=O)CCCCCCCCCCCCCCC. The van der Waals surface area contributed by atoms with Gasteiger partial charge in [0.25, 0.3) is 0 Å². The largest absolute Gasteiger partial charge is 0.462 e. The highest BCUT2D eigenvalue weighted by Gasteiger charge is 2.36. The molecule has 1 aromatic carbocycles. The Balaban J connectivity index is 2.60. The van der Waals surface area contributed by atoms with Crippen molar-refractivity contribution in [1.29, 1.82) is 0 Å². The molecule has 0 aliphatic heterocycles. The van der Waals surface area contributed by atoms with Crippen molar-refractivity contribution in [2.45, 2.75) is 200 Å². The van der Waals surface area contributed by atoms with Crippen LogP contribution < -0.4 is 4.52 Å². The summed E-state index contributed by atoms with van der Waals surface area (Å²) < 4.78 is 39.0. The molecule has 0 aromatic heterocycles. The first-order valence-corrected chi connectivity index (χ1v) is 25.2. The van der Waals surface area contributed by atoms with E-state index < -0.39 is 19.8 Å². The molecule has 2 atom stereocenters. The van der Waals surface area contributed by atoms with Crippen molar-refractivity contribution in [2.75, 3.05) is 38.1 Å². The van der Waals surface area contributed by atoms with E-state index in [2.05, 4.69) is 13.8 Å². The number of esters is 2. The zero-order valence-electron chi connectivity index (χ0n) is 35.5. The van der Waals surface area contributed by atoms with Crippen molar-refractivity contribution in [2.24, 2.45) is 0 Å². The minimum Gasteiger partial charge on any atom is -0.462 e. The summed E-state index contributed by atoms with van der Waals surface area (Å²) in [6.07, 6.45) is 31.4. The van der Waals surface area contributed by atoms with E-state index in [-0.39, 0.29) is 50.5 Å². The van der Waals surface area contributed by atoms with Gasteiger partial charge in [0, 0.05) is 37.7 Å². The minimum absolute atomic E-state index is 0.177. The number of para-hydroxylation sites is 1. The molecule has 1 rings (SSSR count). The highest BCUT2D eigenvalue weighted by molar-refractivity contribution is 7.51. The standard InChI is InChI=1S/C45H80Cl2NO7P/c1-3-5-7-9-11-13-15-17-19-21-23-25-30-34-44(49)52-40-43(54-45(50)35-31-26-24-22-20-18-16-14-12-10-8-6-4-2)41-53-56(51,48(38-36-46)39-37-47)55-42-32-28-27-29-33-42/h27-29,32-33,43H,3-26,30-31,34-41H2,1-2H3. The zero-order chi connectivity index (χ0) is 40.8. The predicted octanol–water partition coefficient (Wildman–Crippen LogP) is 14.4. The number of ether oxygens (including phenoxy) is 2. The van der Waals surface area contributed by atoms with E-state index in [1.807, 2.05) is 6.07 Å². The molecule has 0 fully saturated rings. The third-order valence-electron chi connectivity index (χ3n) is 10.1. The highest BCUT2D eigenvalue weighted by atomic mass is 35.5. The third kappa shape index (κ3) is 29.8. The number of hydrogen-bond acceptors (Lipinski definition) is 7. The molecular weight excluding hydrogens is 768 g/mol. The van der Waals surface area contributed by atoms with Crippen LogP contribution in [-0.2, 0) is 28.2 Å². The Hall–Kier alpha value is -1.31. The molecule has 0 saturated carbocycles. The van der Waals surface area contributed by atoms with E-state index in [9.17, 15) is 14.2 Å². The lowest BCUT2D eigenvalue weighted by atomic mass is 10.0. The Morgan fingerprint density at radius 1 is 0.571 bits per heavy atom. The van der Waals surface area contributed by atoms with Crippen molar-refractivity contribution in [3.05, 3.63) is 30.3 Å². The average Bonchev–Trinajstić information content (AvgIpc) is 3.19. The Morgan fingerprint density at radius 2 is 0.964 bits per heavy atom. The molecule has 0 spiro atoms. The molecule has 0 saturated heterocycles. The molecule has 56 heavy (non-hydrogen) atoms. The molecular formula is C45H80Cl2NO7P. The Bertz CT molecular complexity index is 1090. The van der Waals surface area contributed by atoms with Gasteiger partial charge >= 0.3 is 19.7 Å². The summed E-state index contributed by atoms with van der Waals surface area (Å²) in [5.41, 5.74) is 0. The van der Waals surface area contributed by atoms with Crippen molar-refractivity contribution in [3.8, 4) is 5.75 Å². The van der Waals surface area contributed by atoms with Gasteiger partial charge in [0.1, 0.15) is 12.4 Å². The molecule has 0 amide bonds. The Kier molecular flexibility index (Phi) is 35.7. The quantitative estimate of drug-likeness (QED) is 0.0278. The molecule has 11 heteroatoms. The molecule has 0 aliphatic rings. The zero-order valence-corrected chi connectivity index (χ0v) is 37.9. The second kappa shape index (κ2) is 37.9. The van der Waals surface area contributed by atoms with Crippen LogP contribution in [0.4, 0.5) is 0 Å². The van der Waals surface area contributed by atoms with Crippen LogP contribution in [0.5, 0.6) is 5.75 Å². The van der Waals surface area contributed by atoms with Gasteiger partial charge < -0.3 is 14.0 Å². The molecule has 2 unspecified atom stereocenters. The summed E-state index contributed by atoms with van der Waals surface area (Å²) in [5.74, 6) is -0.0372. The van der Waals surface area contributed by atoms with E-state index in [1.165, 1.54) is 133 Å². The lowest BCUT2D eigenvalue weighted by Gasteiger charge is -2.30. The van der Waals surface area contributed by atoms with Gasteiger partial charge in [-0.1, -0.05) is 186 Å². The summed E-state index contributed by atoms with van der Waals surface area (Å²) in [5, 5.41) is 0. The summed E-state index contributed by atoms with van der Waals surface area (Å²) >= 11 is 12.1. The van der Waals surface area contributed by atoms with Crippen molar-refractivity contribution in [1.82, 2.24) is 4.67 Å². The summed E-state index contributed by atoms with van der Waals surface area (Å²) in [6, 6.07) is 8.73. The molecule has 8 nitrogen and oxygen atoms in total. The lowest BCUT2D eigenvalue weighted by Crippen LogP contribution is -2.33. The Morgan fingerprint density at radius 3 is 1.38 bits per heavy atom.